The lowest BCUT2D eigenvalue weighted by atomic mass is 9.89. The van der Waals surface area contributed by atoms with Crippen LogP contribution in [0, 0.1) is 5.92 Å². The molecule has 0 aliphatic carbocycles. The Morgan fingerprint density at radius 3 is 2.56 bits per heavy atom. The molecule has 3 atom stereocenters. The Morgan fingerprint density at radius 2 is 1.85 bits per heavy atom. The van der Waals surface area contributed by atoms with E-state index in [0.29, 0.717) is 62.5 Å². The molecule has 0 radical (unpaired) electrons. The van der Waals surface area contributed by atoms with E-state index >= 15 is 0 Å². The fraction of sp³-hybridized carbons (Fsp3) is 0.519. The molecule has 0 saturated carbocycles. The first-order chi connectivity index (χ1) is 16.5. The summed E-state index contributed by atoms with van der Waals surface area (Å²) in [4.78, 5) is 15.3. The Hall–Kier alpha value is -2.77. The van der Waals surface area contributed by atoms with E-state index in [9.17, 15) is 9.90 Å². The second-order valence-electron chi connectivity index (χ2n) is 9.11. The van der Waals surface area contributed by atoms with Crippen LogP contribution < -0.4 is 18.9 Å². The number of fused-ring (bicyclic) bond motifs is 1. The molecule has 1 fully saturated rings. The van der Waals surface area contributed by atoms with E-state index in [0.717, 1.165) is 30.7 Å². The minimum Gasteiger partial charge on any atom is -0.497 e. The van der Waals surface area contributed by atoms with Crippen molar-refractivity contribution in [1.82, 2.24) is 4.90 Å². The Bertz CT molecular complexity index is 947. The van der Waals surface area contributed by atoms with Gasteiger partial charge in [0.25, 0.3) is 0 Å². The highest BCUT2D eigenvalue weighted by Gasteiger charge is 2.30. The SMILES string of the molecule is COc1ccc(OCCC(=O)C[C@H](CN2CCC[C@@H]2C)[C@H](O)c2ccc3c(c2)OCCO3)cc1. The van der Waals surface area contributed by atoms with Crippen molar-refractivity contribution in [3.05, 3.63) is 48.0 Å². The number of likely N-dealkylation sites (tertiary alicyclic amines) is 1. The molecule has 2 aromatic rings. The minimum atomic E-state index is -0.768. The number of hydrogen-bond acceptors (Lipinski definition) is 7. The Labute approximate surface area is 201 Å². The van der Waals surface area contributed by atoms with Crippen molar-refractivity contribution in [3.8, 4) is 23.0 Å². The number of rotatable bonds is 11. The van der Waals surface area contributed by atoms with E-state index < -0.39 is 6.10 Å². The number of ether oxygens (including phenoxy) is 4. The van der Waals surface area contributed by atoms with Gasteiger partial charge in [-0.3, -0.25) is 4.79 Å². The molecule has 0 unspecified atom stereocenters. The Kier molecular flexibility index (Phi) is 8.29. The zero-order valence-corrected chi connectivity index (χ0v) is 20.1. The second kappa shape index (κ2) is 11.6. The van der Waals surface area contributed by atoms with Gasteiger partial charge in [-0.05, 0) is 68.3 Å². The molecule has 1 N–H and O–H groups in total. The van der Waals surface area contributed by atoms with Crippen LogP contribution >= 0.6 is 0 Å². The molecule has 2 aromatic carbocycles. The lowest BCUT2D eigenvalue weighted by molar-refractivity contribution is -0.121. The fourth-order valence-electron chi connectivity index (χ4n) is 4.71. The first-order valence-corrected chi connectivity index (χ1v) is 12.1. The number of benzene rings is 2. The maximum Gasteiger partial charge on any atom is 0.161 e. The second-order valence-corrected chi connectivity index (χ2v) is 9.11. The van der Waals surface area contributed by atoms with E-state index in [4.69, 9.17) is 18.9 Å². The van der Waals surface area contributed by atoms with Gasteiger partial charge in [0.15, 0.2) is 11.5 Å². The topological polar surface area (TPSA) is 77.5 Å². The summed E-state index contributed by atoms with van der Waals surface area (Å²) in [6, 6.07) is 13.3. The van der Waals surface area contributed by atoms with Gasteiger partial charge in [-0.25, -0.2) is 0 Å². The summed E-state index contributed by atoms with van der Waals surface area (Å²) in [6.07, 6.45) is 2.13. The molecule has 2 heterocycles. The summed E-state index contributed by atoms with van der Waals surface area (Å²) in [7, 11) is 1.62. The third-order valence-corrected chi connectivity index (χ3v) is 6.71. The number of ketones is 1. The normalized spacial score (nSPS) is 19.4. The van der Waals surface area contributed by atoms with Crippen LogP contribution in [0.5, 0.6) is 23.0 Å². The van der Waals surface area contributed by atoms with E-state index in [-0.39, 0.29) is 11.7 Å². The molecule has 2 aliphatic heterocycles. The number of carbonyl (C=O) groups excluding carboxylic acids is 1. The van der Waals surface area contributed by atoms with Crippen LogP contribution in [0.4, 0.5) is 0 Å². The van der Waals surface area contributed by atoms with Gasteiger partial charge in [0.05, 0.1) is 19.8 Å². The molecule has 1 saturated heterocycles. The van der Waals surface area contributed by atoms with Gasteiger partial charge in [-0.1, -0.05) is 6.07 Å². The number of Topliss-reactive ketones (excluding diaryl/α,β-unsaturated/α-hetero) is 1. The monoisotopic (exact) mass is 469 g/mol. The maximum absolute atomic E-state index is 12.9. The predicted molar refractivity (Wildman–Crippen MR) is 129 cm³/mol. The van der Waals surface area contributed by atoms with Crippen LogP contribution in [0.2, 0.25) is 0 Å². The number of nitrogens with zero attached hydrogens (tertiary/aromatic N) is 1. The van der Waals surface area contributed by atoms with Crippen molar-refractivity contribution in [2.75, 3.05) is 40.0 Å². The van der Waals surface area contributed by atoms with Crippen molar-refractivity contribution in [2.45, 2.75) is 44.8 Å². The minimum absolute atomic E-state index is 0.0851. The molecule has 0 amide bonds. The zero-order valence-electron chi connectivity index (χ0n) is 20.1. The molecule has 184 valence electrons. The van der Waals surface area contributed by atoms with Crippen molar-refractivity contribution >= 4 is 5.78 Å². The maximum atomic E-state index is 12.9. The van der Waals surface area contributed by atoms with Gasteiger partial charge in [0.2, 0.25) is 0 Å². The van der Waals surface area contributed by atoms with Crippen LogP contribution in [-0.2, 0) is 4.79 Å². The van der Waals surface area contributed by atoms with Crippen molar-refractivity contribution in [2.24, 2.45) is 5.92 Å². The predicted octanol–water partition coefficient (Wildman–Crippen LogP) is 4.03. The third kappa shape index (κ3) is 6.21. The van der Waals surface area contributed by atoms with Crippen LogP contribution in [0.3, 0.4) is 0 Å². The third-order valence-electron chi connectivity index (χ3n) is 6.71. The molecule has 0 bridgehead atoms. The van der Waals surface area contributed by atoms with Gasteiger partial charge in [-0.2, -0.15) is 0 Å². The summed E-state index contributed by atoms with van der Waals surface area (Å²) in [5, 5.41) is 11.3. The molecule has 2 aliphatic rings. The number of carbonyl (C=O) groups is 1. The van der Waals surface area contributed by atoms with E-state index in [1.54, 1.807) is 7.11 Å². The number of aliphatic hydroxyl groups is 1. The molecule has 7 nitrogen and oxygen atoms in total. The average molecular weight is 470 g/mol. The molecule has 4 rings (SSSR count). The van der Waals surface area contributed by atoms with E-state index in [1.807, 2.05) is 42.5 Å². The molecule has 0 aromatic heterocycles. The number of hydrogen-bond donors (Lipinski definition) is 1. The van der Waals surface area contributed by atoms with Gasteiger partial charge < -0.3 is 29.0 Å². The number of methoxy groups -OCH3 is 1. The largest absolute Gasteiger partial charge is 0.497 e. The lowest BCUT2D eigenvalue weighted by Gasteiger charge is -2.30. The summed E-state index contributed by atoms with van der Waals surface area (Å²) in [6.45, 7) is 5.22. The smallest absolute Gasteiger partial charge is 0.161 e. The number of aliphatic hydroxyl groups excluding tert-OH is 1. The highest BCUT2D eigenvalue weighted by Crippen LogP contribution is 2.36. The van der Waals surface area contributed by atoms with Crippen LogP contribution in [0.15, 0.2) is 42.5 Å². The molecular weight excluding hydrogens is 434 g/mol. The summed E-state index contributed by atoms with van der Waals surface area (Å²) in [5.74, 6) is 2.68. The van der Waals surface area contributed by atoms with Gasteiger partial charge in [0, 0.05) is 31.3 Å². The van der Waals surface area contributed by atoms with Gasteiger partial charge >= 0.3 is 0 Å². The summed E-state index contributed by atoms with van der Waals surface area (Å²) < 4.78 is 22.2. The van der Waals surface area contributed by atoms with Crippen LogP contribution in [0.1, 0.15) is 44.3 Å². The van der Waals surface area contributed by atoms with E-state index in [1.165, 1.54) is 0 Å². The highest BCUT2D eigenvalue weighted by atomic mass is 16.6. The van der Waals surface area contributed by atoms with E-state index in [2.05, 4.69) is 11.8 Å². The van der Waals surface area contributed by atoms with Crippen LogP contribution in [0.25, 0.3) is 0 Å². The van der Waals surface area contributed by atoms with Gasteiger partial charge in [-0.15, -0.1) is 0 Å². The Morgan fingerprint density at radius 1 is 1.12 bits per heavy atom. The first kappa shape index (κ1) is 24.4. The molecule has 34 heavy (non-hydrogen) atoms. The van der Waals surface area contributed by atoms with Crippen LogP contribution in [-0.4, -0.2) is 61.9 Å². The Balaban J connectivity index is 1.38. The molecule has 7 heteroatoms. The standard InChI is InChI=1S/C27H35NO6/c1-19-4-3-12-28(19)18-21(27(30)20-5-10-25-26(17-20)34-15-14-33-25)16-22(29)11-13-32-24-8-6-23(31-2)7-9-24/h5-10,17,19,21,27,30H,3-4,11-16,18H2,1-2H3/t19-,21+,27+/m0/s1. The molecular formula is C27H35NO6. The van der Waals surface area contributed by atoms with Crippen molar-refractivity contribution in [1.29, 1.82) is 0 Å². The molecule has 0 spiro atoms. The lowest BCUT2D eigenvalue weighted by Crippen LogP contribution is -2.35. The summed E-state index contributed by atoms with van der Waals surface area (Å²) in [5.41, 5.74) is 0.753. The average Bonchev–Trinajstić information content (AvgIpc) is 3.27. The van der Waals surface area contributed by atoms with Gasteiger partial charge in [0.1, 0.15) is 30.5 Å². The highest BCUT2D eigenvalue weighted by molar-refractivity contribution is 5.78. The first-order valence-electron chi connectivity index (χ1n) is 12.1. The quantitative estimate of drug-likeness (QED) is 0.532. The summed E-state index contributed by atoms with van der Waals surface area (Å²) >= 11 is 0. The fourth-order valence-corrected chi connectivity index (χ4v) is 4.71. The van der Waals surface area contributed by atoms with Crippen molar-refractivity contribution < 1.29 is 28.8 Å². The zero-order chi connectivity index (χ0) is 23.9. The van der Waals surface area contributed by atoms with Crippen molar-refractivity contribution in [3.63, 3.8) is 0 Å².